The van der Waals surface area contributed by atoms with Gasteiger partial charge in [-0.25, -0.2) is 0 Å². The molecule has 0 saturated carbocycles. The standard InChI is InChI=1S/C56H40N2SSi/c1-60(2)35-51-52(36-60)58(56-48-20-12-10-18-46(48)45-17-9-11-19-47(45)55(51)56)44-30-32-54-50(34-44)49-33-43(29-31-53(49)59-54)57(41-25-21-39(22-26-41)37-13-5-3-6-14-37)42-27-23-40(24-28-42)38-15-7-4-8-16-38/h3-36H,1-2H3. The van der Waals surface area contributed by atoms with E-state index in [4.69, 9.17) is 0 Å². The molecule has 0 unspecified atom stereocenters. The Labute approximate surface area is 353 Å². The van der Waals surface area contributed by atoms with Crippen LogP contribution in [0, 0.1) is 0 Å². The Kier molecular flexibility index (Phi) is 7.90. The number of aromatic nitrogens is 1. The average Bonchev–Trinajstić information content (AvgIpc) is 3.93. The largest absolute Gasteiger partial charge is 0.310 e. The SMILES string of the molecule is C[Si]1(C)C=c2c(n(-c3ccc4sc5ccc(N(c6ccc(-c7ccccc7)cc6)c6ccc(-c7ccccc7)cc6)cc5c4c3)c3c4ccccc4c4ccccc4c23)=C1. The van der Waals surface area contributed by atoms with Gasteiger partial charge in [-0.05, 0) is 99.1 Å². The molecule has 2 nitrogen and oxygen atoms in total. The van der Waals surface area contributed by atoms with Crippen molar-refractivity contribution < 1.29 is 0 Å². The highest BCUT2D eigenvalue weighted by atomic mass is 32.1. The predicted molar refractivity (Wildman–Crippen MR) is 262 cm³/mol. The van der Waals surface area contributed by atoms with Gasteiger partial charge in [0.1, 0.15) is 0 Å². The van der Waals surface area contributed by atoms with Crippen LogP contribution in [0.25, 0.3) is 92.0 Å². The number of benzene rings is 9. The molecular formula is C56H40N2SSi. The summed E-state index contributed by atoms with van der Waals surface area (Å²) in [6, 6.07) is 71.4. The van der Waals surface area contributed by atoms with Crippen molar-refractivity contribution in [3.63, 3.8) is 0 Å². The summed E-state index contributed by atoms with van der Waals surface area (Å²) in [7, 11) is -1.72. The summed E-state index contributed by atoms with van der Waals surface area (Å²) >= 11 is 1.88. The summed E-state index contributed by atoms with van der Waals surface area (Å²) in [5.41, 5.74) is 15.9. The van der Waals surface area contributed by atoms with E-state index in [0.717, 1.165) is 17.1 Å². The summed E-state index contributed by atoms with van der Waals surface area (Å²) < 4.78 is 5.17. The van der Waals surface area contributed by atoms with Crippen LogP contribution in [0.2, 0.25) is 13.1 Å². The first-order chi connectivity index (χ1) is 29.5. The number of rotatable bonds is 6. The van der Waals surface area contributed by atoms with Gasteiger partial charge < -0.3 is 9.47 Å². The van der Waals surface area contributed by atoms with E-state index in [1.165, 1.54) is 91.1 Å². The van der Waals surface area contributed by atoms with Crippen molar-refractivity contribution in [1.29, 1.82) is 0 Å². The van der Waals surface area contributed by atoms with E-state index in [1.54, 1.807) is 0 Å². The van der Waals surface area contributed by atoms with E-state index < -0.39 is 8.07 Å². The van der Waals surface area contributed by atoms with Crippen molar-refractivity contribution in [2.75, 3.05) is 4.90 Å². The number of thiophene rings is 1. The summed E-state index contributed by atoms with van der Waals surface area (Å²) in [4.78, 5) is 2.40. The van der Waals surface area contributed by atoms with Crippen molar-refractivity contribution >= 4 is 100 Å². The van der Waals surface area contributed by atoms with Gasteiger partial charge in [-0.1, -0.05) is 158 Å². The number of anilines is 3. The molecule has 0 saturated heterocycles. The minimum absolute atomic E-state index is 1.12. The van der Waals surface area contributed by atoms with Gasteiger partial charge in [0.05, 0.1) is 13.6 Å². The first-order valence-electron chi connectivity index (χ1n) is 20.7. The molecule has 3 heterocycles. The molecule has 12 rings (SSSR count). The molecule has 0 bridgehead atoms. The van der Waals surface area contributed by atoms with Crippen LogP contribution in [0.4, 0.5) is 17.1 Å². The lowest BCUT2D eigenvalue weighted by atomic mass is 9.97. The maximum atomic E-state index is 2.61. The Morgan fingerprint density at radius 2 is 0.900 bits per heavy atom. The molecule has 0 spiro atoms. The van der Waals surface area contributed by atoms with Crippen molar-refractivity contribution in [2.24, 2.45) is 0 Å². The molecule has 0 amide bonds. The van der Waals surface area contributed by atoms with Crippen LogP contribution < -0.4 is 15.5 Å². The van der Waals surface area contributed by atoms with Gasteiger partial charge in [0.25, 0.3) is 0 Å². The lowest BCUT2D eigenvalue weighted by Crippen LogP contribution is -2.25. The lowest BCUT2D eigenvalue weighted by molar-refractivity contribution is 1.08. The van der Waals surface area contributed by atoms with Crippen LogP contribution in [0.3, 0.4) is 0 Å². The molecule has 4 heteroatoms. The zero-order valence-corrected chi connectivity index (χ0v) is 35.2. The summed E-state index contributed by atoms with van der Waals surface area (Å²) in [6.07, 6.45) is 0. The molecule has 2 aromatic heterocycles. The molecule has 60 heavy (non-hydrogen) atoms. The lowest BCUT2D eigenvalue weighted by Gasteiger charge is -2.26. The van der Waals surface area contributed by atoms with Crippen molar-refractivity contribution in [3.8, 4) is 27.9 Å². The van der Waals surface area contributed by atoms with E-state index in [2.05, 4.69) is 228 Å². The fraction of sp³-hybridized carbons (Fsp3) is 0.0357. The van der Waals surface area contributed by atoms with E-state index in [0.29, 0.717) is 0 Å². The highest BCUT2D eigenvalue weighted by Crippen LogP contribution is 2.43. The van der Waals surface area contributed by atoms with E-state index >= 15 is 0 Å². The maximum Gasteiger partial charge on any atom is 0.0988 e. The highest BCUT2D eigenvalue weighted by Gasteiger charge is 2.26. The van der Waals surface area contributed by atoms with Gasteiger partial charge in [0.15, 0.2) is 0 Å². The second-order valence-corrected chi connectivity index (χ2v) is 22.0. The zero-order valence-electron chi connectivity index (χ0n) is 33.4. The van der Waals surface area contributed by atoms with Gasteiger partial charge in [0.2, 0.25) is 0 Å². The van der Waals surface area contributed by atoms with Crippen LogP contribution >= 0.6 is 11.3 Å². The highest BCUT2D eigenvalue weighted by molar-refractivity contribution is 7.25. The topological polar surface area (TPSA) is 8.17 Å². The maximum absolute atomic E-state index is 2.61. The molecular weight excluding hydrogens is 761 g/mol. The molecule has 0 radical (unpaired) electrons. The molecule has 284 valence electrons. The van der Waals surface area contributed by atoms with E-state index in [9.17, 15) is 0 Å². The monoisotopic (exact) mass is 800 g/mol. The average molecular weight is 801 g/mol. The summed E-state index contributed by atoms with van der Waals surface area (Å²) in [6.45, 7) is 4.92. The summed E-state index contributed by atoms with van der Waals surface area (Å²) in [5.74, 6) is 0. The Morgan fingerprint density at radius 3 is 1.52 bits per heavy atom. The van der Waals surface area contributed by atoms with Crippen LogP contribution in [-0.4, -0.2) is 12.6 Å². The van der Waals surface area contributed by atoms with Gasteiger partial charge in [-0.3, -0.25) is 0 Å². The second-order valence-electron chi connectivity index (χ2n) is 16.7. The van der Waals surface area contributed by atoms with Crippen LogP contribution in [0.1, 0.15) is 0 Å². The fourth-order valence-electron chi connectivity index (χ4n) is 9.67. The molecule has 0 aliphatic carbocycles. The Hall–Kier alpha value is -6.98. The predicted octanol–water partition coefficient (Wildman–Crippen LogP) is 14.5. The Morgan fingerprint density at radius 1 is 0.417 bits per heavy atom. The molecule has 11 aromatic rings. The van der Waals surface area contributed by atoms with Gasteiger partial charge in [0, 0.05) is 64.3 Å². The molecule has 1 aliphatic heterocycles. The van der Waals surface area contributed by atoms with Gasteiger partial charge >= 0.3 is 0 Å². The van der Waals surface area contributed by atoms with Gasteiger partial charge in [-0.2, -0.15) is 0 Å². The number of nitrogens with zero attached hydrogens (tertiary/aromatic N) is 2. The first kappa shape index (κ1) is 35.0. The molecule has 9 aromatic carbocycles. The fourth-order valence-corrected chi connectivity index (χ4v) is 12.8. The van der Waals surface area contributed by atoms with Gasteiger partial charge in [-0.15, -0.1) is 11.3 Å². The van der Waals surface area contributed by atoms with E-state index in [1.807, 2.05) is 11.3 Å². The minimum Gasteiger partial charge on any atom is -0.310 e. The summed E-state index contributed by atoms with van der Waals surface area (Å²) in [5, 5.41) is 11.9. The molecule has 1 aliphatic rings. The number of hydrogen-bond donors (Lipinski definition) is 0. The third-order valence-electron chi connectivity index (χ3n) is 12.4. The zero-order chi connectivity index (χ0) is 40.0. The normalized spacial score (nSPS) is 13.2. The van der Waals surface area contributed by atoms with E-state index in [-0.39, 0.29) is 0 Å². The second kappa shape index (κ2) is 13.5. The van der Waals surface area contributed by atoms with Crippen LogP contribution in [-0.2, 0) is 0 Å². The van der Waals surface area contributed by atoms with Crippen molar-refractivity contribution in [3.05, 3.63) is 205 Å². The van der Waals surface area contributed by atoms with Crippen LogP contribution in [0.5, 0.6) is 0 Å². The third kappa shape index (κ3) is 5.60. The van der Waals surface area contributed by atoms with Crippen molar-refractivity contribution in [1.82, 2.24) is 4.57 Å². The minimum atomic E-state index is -1.72. The molecule has 0 N–H and O–H groups in total. The number of hydrogen-bond acceptors (Lipinski definition) is 2. The quantitative estimate of drug-likeness (QED) is 0.120. The van der Waals surface area contributed by atoms with Crippen LogP contribution in [0.15, 0.2) is 194 Å². The van der Waals surface area contributed by atoms with Crippen molar-refractivity contribution in [2.45, 2.75) is 13.1 Å². The molecule has 0 fully saturated rings. The third-order valence-corrected chi connectivity index (χ3v) is 15.6. The Balaban J connectivity index is 1.06. The first-order valence-corrected chi connectivity index (χ1v) is 24.7. The number of fused-ring (bicyclic) bond motifs is 11. The molecule has 0 atom stereocenters. The Bertz CT molecular complexity index is 3520. The smallest absolute Gasteiger partial charge is 0.0988 e.